The third-order valence-corrected chi connectivity index (χ3v) is 6.28. The number of carbonyl (C=O) groups is 1. The van der Waals surface area contributed by atoms with Crippen molar-refractivity contribution in [1.29, 1.82) is 0 Å². The Kier molecular flexibility index (Phi) is 7.47. The Hall–Kier alpha value is -3.95. The number of amides is 1. The lowest BCUT2D eigenvalue weighted by Gasteiger charge is -2.14. The average molecular weight is 511 g/mol. The number of hydrogen-bond acceptors (Lipinski definition) is 4. The molecule has 1 atom stereocenters. The van der Waals surface area contributed by atoms with Gasteiger partial charge in [-0.25, -0.2) is 4.98 Å². The minimum atomic E-state index is -4.62. The van der Waals surface area contributed by atoms with Gasteiger partial charge in [-0.1, -0.05) is 32.1 Å². The Labute approximate surface area is 213 Å². The summed E-state index contributed by atoms with van der Waals surface area (Å²) in [5.74, 6) is -0.103. The molecular formula is C27H29F3N6O. The molecule has 0 spiro atoms. The molecule has 0 unspecified atom stereocenters. The predicted molar refractivity (Wildman–Crippen MR) is 135 cm³/mol. The molecule has 0 aliphatic carbocycles. The Morgan fingerprint density at radius 2 is 2.03 bits per heavy atom. The van der Waals surface area contributed by atoms with Crippen molar-refractivity contribution in [3.63, 3.8) is 0 Å². The second-order valence-corrected chi connectivity index (χ2v) is 8.92. The largest absolute Gasteiger partial charge is 0.435 e. The fraction of sp³-hybridized carbons (Fsp3) is 0.333. The summed E-state index contributed by atoms with van der Waals surface area (Å²) in [5, 5.41) is 6.72. The highest BCUT2D eigenvalue weighted by Crippen LogP contribution is 2.36. The van der Waals surface area contributed by atoms with Gasteiger partial charge in [0.2, 0.25) is 0 Å². The summed E-state index contributed by atoms with van der Waals surface area (Å²) in [6.45, 7) is 9.69. The molecule has 0 bridgehead atoms. The van der Waals surface area contributed by atoms with Crippen molar-refractivity contribution in [3.8, 4) is 11.3 Å². The number of carbonyl (C=O) groups excluding carboxylic acids is 1. The molecule has 0 aliphatic heterocycles. The SMILES string of the molecule is C=CCn1cc(-c2cnc3c(Cc4ccc(C(=O)N[C@@H](C)CC)c(CC)c4)nccn23)c(C(F)(F)F)n1. The maximum absolute atomic E-state index is 13.7. The zero-order valence-corrected chi connectivity index (χ0v) is 21.0. The van der Waals surface area contributed by atoms with Crippen LogP contribution >= 0.6 is 0 Å². The number of halogens is 3. The third-order valence-electron chi connectivity index (χ3n) is 6.28. The van der Waals surface area contributed by atoms with Crippen molar-refractivity contribution in [2.75, 3.05) is 0 Å². The molecule has 0 aliphatic rings. The van der Waals surface area contributed by atoms with E-state index in [9.17, 15) is 18.0 Å². The van der Waals surface area contributed by atoms with E-state index in [2.05, 4.69) is 27.0 Å². The number of rotatable bonds is 9. The molecule has 0 saturated heterocycles. The smallest absolute Gasteiger partial charge is 0.350 e. The Balaban J connectivity index is 1.69. The Bertz CT molecular complexity index is 1440. The monoisotopic (exact) mass is 510 g/mol. The van der Waals surface area contributed by atoms with Gasteiger partial charge in [0, 0.05) is 36.6 Å². The zero-order chi connectivity index (χ0) is 26.7. The van der Waals surface area contributed by atoms with Crippen LogP contribution in [-0.2, 0) is 25.6 Å². The second-order valence-electron chi connectivity index (χ2n) is 8.92. The minimum Gasteiger partial charge on any atom is -0.350 e. The number of aromatic nitrogens is 5. The molecule has 4 rings (SSSR count). The topological polar surface area (TPSA) is 77.1 Å². The van der Waals surface area contributed by atoms with Crippen molar-refractivity contribution >= 4 is 11.6 Å². The lowest BCUT2D eigenvalue weighted by atomic mass is 9.98. The number of nitrogens with one attached hydrogen (secondary N) is 1. The molecule has 0 fully saturated rings. The van der Waals surface area contributed by atoms with Gasteiger partial charge in [0.25, 0.3) is 5.91 Å². The fourth-order valence-corrected chi connectivity index (χ4v) is 4.21. The van der Waals surface area contributed by atoms with Crippen LogP contribution in [0.5, 0.6) is 0 Å². The molecule has 1 amide bonds. The Morgan fingerprint density at radius 3 is 2.70 bits per heavy atom. The first-order valence-electron chi connectivity index (χ1n) is 12.2. The molecule has 1 aromatic carbocycles. The first kappa shape index (κ1) is 26.1. The number of hydrogen-bond donors (Lipinski definition) is 1. The molecule has 1 N–H and O–H groups in total. The molecule has 0 radical (unpaired) electrons. The van der Waals surface area contributed by atoms with Crippen LogP contribution < -0.4 is 5.32 Å². The van der Waals surface area contributed by atoms with Gasteiger partial charge in [0.1, 0.15) is 0 Å². The van der Waals surface area contributed by atoms with Crippen LogP contribution in [-0.4, -0.2) is 36.1 Å². The van der Waals surface area contributed by atoms with Crippen LogP contribution in [0, 0.1) is 0 Å². The van der Waals surface area contributed by atoms with Crippen molar-refractivity contribution in [2.24, 2.45) is 0 Å². The number of allylic oxidation sites excluding steroid dienone is 1. The van der Waals surface area contributed by atoms with E-state index in [1.807, 2.05) is 39.0 Å². The number of benzene rings is 1. The highest BCUT2D eigenvalue weighted by molar-refractivity contribution is 5.96. The van der Waals surface area contributed by atoms with E-state index in [0.29, 0.717) is 29.7 Å². The van der Waals surface area contributed by atoms with Crippen LogP contribution in [0.1, 0.15) is 60.1 Å². The van der Waals surface area contributed by atoms with Crippen LogP contribution in [0.2, 0.25) is 0 Å². The summed E-state index contributed by atoms with van der Waals surface area (Å²) in [6, 6.07) is 5.74. The minimum absolute atomic E-state index is 0.0658. The van der Waals surface area contributed by atoms with E-state index in [1.165, 1.54) is 23.2 Å². The highest BCUT2D eigenvalue weighted by atomic mass is 19.4. The van der Waals surface area contributed by atoms with E-state index >= 15 is 0 Å². The fourth-order valence-electron chi connectivity index (χ4n) is 4.21. The molecule has 194 valence electrons. The van der Waals surface area contributed by atoms with Gasteiger partial charge in [-0.3, -0.25) is 18.9 Å². The summed E-state index contributed by atoms with van der Waals surface area (Å²) >= 11 is 0. The molecule has 4 aromatic rings. The number of nitrogens with zero attached hydrogens (tertiary/aromatic N) is 5. The normalized spacial score (nSPS) is 12.6. The highest BCUT2D eigenvalue weighted by Gasteiger charge is 2.38. The quantitative estimate of drug-likeness (QED) is 0.303. The molecule has 0 saturated carbocycles. The summed E-state index contributed by atoms with van der Waals surface area (Å²) in [4.78, 5) is 21.6. The van der Waals surface area contributed by atoms with Crippen LogP contribution in [0.15, 0.2) is 55.6 Å². The third kappa shape index (κ3) is 5.42. The second kappa shape index (κ2) is 10.6. The number of imidazole rings is 1. The number of alkyl halides is 3. The van der Waals surface area contributed by atoms with Gasteiger partial charge in [-0.2, -0.15) is 18.3 Å². The van der Waals surface area contributed by atoms with E-state index in [1.54, 1.807) is 16.8 Å². The van der Waals surface area contributed by atoms with Crippen LogP contribution in [0.25, 0.3) is 16.9 Å². The lowest BCUT2D eigenvalue weighted by Crippen LogP contribution is -2.32. The molecular weight excluding hydrogens is 481 g/mol. The molecule has 7 nitrogen and oxygen atoms in total. The summed E-state index contributed by atoms with van der Waals surface area (Å²) in [5.41, 5.74) is 2.77. The predicted octanol–water partition coefficient (Wildman–Crippen LogP) is 5.48. The maximum Gasteiger partial charge on any atom is 0.435 e. The molecule has 37 heavy (non-hydrogen) atoms. The van der Waals surface area contributed by atoms with Crippen molar-refractivity contribution < 1.29 is 18.0 Å². The van der Waals surface area contributed by atoms with Crippen LogP contribution in [0.4, 0.5) is 13.2 Å². The molecule has 10 heteroatoms. The standard InChI is InChI=1S/C27H29F3N6O/c1-5-11-35-16-21(24(34-35)27(28,29)30)23-15-32-25-22(31-10-12-36(23)25)14-18-8-9-20(19(7-3)13-18)26(37)33-17(4)6-2/h5,8-10,12-13,15-17H,1,6-7,11,14H2,2-4H3,(H,33,37)/t17-/m0/s1. The average Bonchev–Trinajstić information content (AvgIpc) is 3.49. The number of fused-ring (bicyclic) bond motifs is 1. The van der Waals surface area contributed by atoms with E-state index in [4.69, 9.17) is 0 Å². The molecule has 3 heterocycles. The van der Waals surface area contributed by atoms with Crippen molar-refractivity contribution in [2.45, 2.75) is 58.8 Å². The van der Waals surface area contributed by atoms with Gasteiger partial charge in [-0.15, -0.1) is 6.58 Å². The zero-order valence-electron chi connectivity index (χ0n) is 21.0. The van der Waals surface area contributed by atoms with Gasteiger partial charge in [0.15, 0.2) is 11.3 Å². The molecule has 3 aromatic heterocycles. The summed E-state index contributed by atoms with van der Waals surface area (Å²) in [7, 11) is 0. The van der Waals surface area contributed by atoms with Gasteiger partial charge in [-0.05, 0) is 37.0 Å². The van der Waals surface area contributed by atoms with E-state index in [0.717, 1.165) is 17.5 Å². The lowest BCUT2D eigenvalue weighted by molar-refractivity contribution is -0.141. The summed E-state index contributed by atoms with van der Waals surface area (Å²) in [6.07, 6.45) is 4.68. The van der Waals surface area contributed by atoms with Crippen molar-refractivity contribution in [3.05, 3.63) is 83.7 Å². The van der Waals surface area contributed by atoms with E-state index < -0.39 is 11.9 Å². The van der Waals surface area contributed by atoms with Gasteiger partial charge < -0.3 is 5.32 Å². The van der Waals surface area contributed by atoms with E-state index in [-0.39, 0.29) is 29.8 Å². The van der Waals surface area contributed by atoms with Gasteiger partial charge >= 0.3 is 6.18 Å². The van der Waals surface area contributed by atoms with Crippen molar-refractivity contribution in [1.82, 2.24) is 29.5 Å². The Morgan fingerprint density at radius 1 is 1.24 bits per heavy atom. The maximum atomic E-state index is 13.7. The van der Waals surface area contributed by atoms with Crippen LogP contribution in [0.3, 0.4) is 0 Å². The van der Waals surface area contributed by atoms with Gasteiger partial charge in [0.05, 0.1) is 29.7 Å². The first-order valence-corrected chi connectivity index (χ1v) is 12.2. The first-order chi connectivity index (χ1) is 17.7. The number of aryl methyl sites for hydroxylation is 1. The summed E-state index contributed by atoms with van der Waals surface area (Å²) < 4.78 is 44.0.